The van der Waals surface area contributed by atoms with Crippen LogP contribution < -0.4 is 16.1 Å². The number of rotatable bonds is 7. The monoisotopic (exact) mass is 456 g/mol. The molecule has 9 nitrogen and oxygen atoms in total. The Hall–Kier alpha value is -3.50. The molecule has 3 N–H and O–H groups in total. The number of para-hydroxylation sites is 1. The van der Waals surface area contributed by atoms with Crippen LogP contribution >= 0.6 is 0 Å². The first-order valence-corrected chi connectivity index (χ1v) is 11.3. The summed E-state index contributed by atoms with van der Waals surface area (Å²) in [6.07, 6.45) is 1.32. The number of hydrogen-bond donors (Lipinski definition) is 3. The van der Waals surface area contributed by atoms with Crippen molar-refractivity contribution in [2.75, 3.05) is 20.6 Å². The van der Waals surface area contributed by atoms with Gasteiger partial charge in [-0.05, 0) is 36.8 Å². The largest absolute Gasteiger partial charge is 0.360 e. The number of carbonyl (C=O) groups is 2. The van der Waals surface area contributed by atoms with Gasteiger partial charge in [0.25, 0.3) is 5.91 Å². The highest BCUT2D eigenvalue weighted by Gasteiger charge is 2.18. The molecular weight excluding hydrogens is 432 g/mol. The minimum atomic E-state index is -3.53. The van der Waals surface area contributed by atoms with E-state index in [4.69, 9.17) is 0 Å². The van der Waals surface area contributed by atoms with Crippen molar-refractivity contribution >= 4 is 32.7 Å². The average Bonchev–Trinajstić information content (AvgIpc) is 2.78. The maximum Gasteiger partial charge on any atom is 0.257 e. The van der Waals surface area contributed by atoms with Gasteiger partial charge in [-0.25, -0.2) is 12.7 Å². The third-order valence-electron chi connectivity index (χ3n) is 4.98. The average molecular weight is 457 g/mol. The molecule has 1 heterocycles. The fourth-order valence-corrected chi connectivity index (χ4v) is 4.01. The summed E-state index contributed by atoms with van der Waals surface area (Å²) in [5.74, 6) is -1.11. The number of sulfonamides is 1. The predicted octanol–water partition coefficient (Wildman–Crippen LogP) is 1.39. The number of nitrogens with one attached hydrogen (secondary N) is 3. The van der Waals surface area contributed by atoms with Crippen LogP contribution in [0.15, 0.2) is 64.4 Å². The van der Waals surface area contributed by atoms with Gasteiger partial charge in [0.15, 0.2) is 0 Å². The van der Waals surface area contributed by atoms with E-state index in [0.717, 1.165) is 4.31 Å². The van der Waals surface area contributed by atoms with Crippen molar-refractivity contribution < 1.29 is 18.0 Å². The van der Waals surface area contributed by atoms with Gasteiger partial charge in [-0.15, -0.1) is 0 Å². The highest BCUT2D eigenvalue weighted by molar-refractivity contribution is 7.89. The summed E-state index contributed by atoms with van der Waals surface area (Å²) in [5, 5.41) is 5.56. The maximum atomic E-state index is 12.5. The topological polar surface area (TPSA) is 128 Å². The Kier molecular flexibility index (Phi) is 6.75. The molecular formula is C22H24N4O5S. The second-order valence-corrected chi connectivity index (χ2v) is 9.56. The van der Waals surface area contributed by atoms with Crippen LogP contribution in [-0.4, -0.2) is 50.2 Å². The summed E-state index contributed by atoms with van der Waals surface area (Å²) in [6, 6.07) is 12.6. The lowest BCUT2D eigenvalue weighted by Gasteiger charge is -2.16. The molecule has 0 spiro atoms. The molecule has 0 bridgehead atoms. The normalized spacial score (nSPS) is 12.5. The quantitative estimate of drug-likeness (QED) is 0.495. The summed E-state index contributed by atoms with van der Waals surface area (Å²) in [6.45, 7) is 1.42. The molecule has 0 aliphatic heterocycles. The Labute approximate surface area is 185 Å². The molecule has 0 aliphatic rings. The number of aromatic nitrogens is 1. The Bertz CT molecular complexity index is 1310. The fourth-order valence-electron chi connectivity index (χ4n) is 3.11. The van der Waals surface area contributed by atoms with Crippen molar-refractivity contribution in [1.29, 1.82) is 0 Å². The van der Waals surface area contributed by atoms with Gasteiger partial charge < -0.3 is 15.6 Å². The van der Waals surface area contributed by atoms with Crippen LogP contribution in [-0.2, 0) is 14.8 Å². The van der Waals surface area contributed by atoms with Crippen LogP contribution in [0, 0.1) is 0 Å². The third-order valence-corrected chi connectivity index (χ3v) is 6.81. The molecule has 0 fully saturated rings. The molecule has 2 amide bonds. The van der Waals surface area contributed by atoms with Crippen LogP contribution in [0.5, 0.6) is 0 Å². The van der Waals surface area contributed by atoms with E-state index in [1.165, 1.54) is 32.4 Å². The molecule has 32 heavy (non-hydrogen) atoms. The summed E-state index contributed by atoms with van der Waals surface area (Å²) >= 11 is 0. The first-order chi connectivity index (χ1) is 15.1. The standard InChI is InChI=1S/C22H24N4O5S/c1-14(15-8-10-16(11-9-15)32(30,31)26(2)3)25-20(27)13-24-22(29)18-12-23-19-7-5-4-6-17(19)21(18)28/h4-12,14H,13H2,1-3H3,(H,23,28)(H,24,29)(H,25,27). The molecule has 3 rings (SSSR count). The summed E-state index contributed by atoms with van der Waals surface area (Å²) < 4.78 is 25.4. The fraction of sp³-hybridized carbons (Fsp3) is 0.227. The predicted molar refractivity (Wildman–Crippen MR) is 121 cm³/mol. The number of aromatic amines is 1. The van der Waals surface area contributed by atoms with Gasteiger partial charge >= 0.3 is 0 Å². The molecule has 0 saturated carbocycles. The number of fused-ring (bicyclic) bond motifs is 1. The van der Waals surface area contributed by atoms with Gasteiger partial charge in [-0.3, -0.25) is 14.4 Å². The zero-order valence-corrected chi connectivity index (χ0v) is 18.7. The van der Waals surface area contributed by atoms with Crippen molar-refractivity contribution in [3.63, 3.8) is 0 Å². The zero-order valence-electron chi connectivity index (χ0n) is 17.9. The van der Waals surface area contributed by atoms with E-state index in [1.54, 1.807) is 43.3 Å². The van der Waals surface area contributed by atoms with E-state index in [0.29, 0.717) is 16.5 Å². The van der Waals surface area contributed by atoms with E-state index in [1.807, 2.05) is 0 Å². The molecule has 1 unspecified atom stereocenters. The van der Waals surface area contributed by atoms with Gasteiger partial charge in [0.2, 0.25) is 21.4 Å². The zero-order chi connectivity index (χ0) is 23.5. The van der Waals surface area contributed by atoms with Crippen molar-refractivity contribution in [2.45, 2.75) is 17.9 Å². The Balaban J connectivity index is 1.61. The second kappa shape index (κ2) is 9.33. The summed E-state index contributed by atoms with van der Waals surface area (Å²) in [4.78, 5) is 40.2. The first kappa shape index (κ1) is 23.2. The number of nitrogens with zero attached hydrogens (tertiary/aromatic N) is 1. The van der Waals surface area contributed by atoms with Crippen molar-refractivity contribution in [3.05, 3.63) is 76.1 Å². The SMILES string of the molecule is CC(NC(=O)CNC(=O)c1c[nH]c2ccccc2c1=O)c1ccc(S(=O)(=O)N(C)C)cc1. The van der Waals surface area contributed by atoms with Gasteiger partial charge in [0.05, 0.1) is 17.5 Å². The number of hydrogen-bond acceptors (Lipinski definition) is 5. The van der Waals surface area contributed by atoms with Gasteiger partial charge in [0.1, 0.15) is 5.56 Å². The summed E-state index contributed by atoms with van der Waals surface area (Å²) in [7, 11) is -0.633. The lowest BCUT2D eigenvalue weighted by molar-refractivity contribution is -0.120. The van der Waals surface area contributed by atoms with Crippen molar-refractivity contribution in [1.82, 2.24) is 19.9 Å². The molecule has 168 valence electrons. The highest BCUT2D eigenvalue weighted by Crippen LogP contribution is 2.18. The lowest BCUT2D eigenvalue weighted by Crippen LogP contribution is -2.39. The number of carbonyl (C=O) groups excluding carboxylic acids is 2. The summed E-state index contributed by atoms with van der Waals surface area (Å²) in [5.41, 5.74) is 0.819. The second-order valence-electron chi connectivity index (χ2n) is 7.41. The van der Waals surface area contributed by atoms with Crippen LogP contribution in [0.25, 0.3) is 10.9 Å². The number of pyridine rings is 1. The Morgan fingerprint density at radius 2 is 1.72 bits per heavy atom. The van der Waals surface area contributed by atoms with E-state index >= 15 is 0 Å². The molecule has 0 radical (unpaired) electrons. The van der Waals surface area contributed by atoms with Crippen LogP contribution in [0.4, 0.5) is 0 Å². The molecule has 3 aromatic rings. The molecule has 0 saturated heterocycles. The molecule has 1 atom stereocenters. The van der Waals surface area contributed by atoms with Crippen molar-refractivity contribution in [3.8, 4) is 0 Å². The Morgan fingerprint density at radius 3 is 2.38 bits per heavy atom. The van der Waals surface area contributed by atoms with Crippen molar-refractivity contribution in [2.24, 2.45) is 0 Å². The first-order valence-electron chi connectivity index (χ1n) is 9.81. The van der Waals surface area contributed by atoms with Gasteiger partial charge in [-0.2, -0.15) is 0 Å². The third kappa shape index (κ3) is 4.87. The minimum Gasteiger partial charge on any atom is -0.360 e. The van der Waals surface area contributed by atoms with Crippen LogP contribution in [0.2, 0.25) is 0 Å². The minimum absolute atomic E-state index is 0.0813. The van der Waals surface area contributed by atoms with Crippen LogP contribution in [0.3, 0.4) is 0 Å². The van der Waals surface area contributed by atoms with E-state index in [2.05, 4.69) is 15.6 Å². The number of H-pyrrole nitrogens is 1. The molecule has 0 aliphatic carbocycles. The number of amides is 2. The lowest BCUT2D eigenvalue weighted by atomic mass is 10.1. The van der Waals surface area contributed by atoms with E-state index in [9.17, 15) is 22.8 Å². The van der Waals surface area contributed by atoms with Gasteiger partial charge in [-0.1, -0.05) is 24.3 Å². The smallest absolute Gasteiger partial charge is 0.257 e. The van der Waals surface area contributed by atoms with Crippen LogP contribution in [0.1, 0.15) is 28.9 Å². The van der Waals surface area contributed by atoms with E-state index < -0.39 is 33.3 Å². The highest BCUT2D eigenvalue weighted by atomic mass is 32.2. The number of benzene rings is 2. The Morgan fingerprint density at radius 1 is 1.06 bits per heavy atom. The maximum absolute atomic E-state index is 12.5. The van der Waals surface area contributed by atoms with E-state index in [-0.39, 0.29) is 17.0 Å². The van der Waals surface area contributed by atoms with Gasteiger partial charge in [0, 0.05) is 31.2 Å². The molecule has 2 aromatic carbocycles. The molecule has 10 heteroatoms. The molecule has 1 aromatic heterocycles.